The minimum atomic E-state index is -0.121. The van der Waals surface area contributed by atoms with E-state index in [1.165, 1.54) is 0 Å². The molecule has 1 amide bonds. The van der Waals surface area contributed by atoms with E-state index in [9.17, 15) is 4.79 Å². The second-order valence-corrected chi connectivity index (χ2v) is 6.69. The quantitative estimate of drug-likeness (QED) is 0.721. The summed E-state index contributed by atoms with van der Waals surface area (Å²) in [4.78, 5) is 12.4. The van der Waals surface area contributed by atoms with Crippen molar-refractivity contribution in [3.63, 3.8) is 0 Å². The van der Waals surface area contributed by atoms with Crippen molar-refractivity contribution in [1.29, 1.82) is 0 Å². The Morgan fingerprint density at radius 2 is 1.96 bits per heavy atom. The summed E-state index contributed by atoms with van der Waals surface area (Å²) in [6, 6.07) is 15.1. The molecule has 26 heavy (non-hydrogen) atoms. The van der Waals surface area contributed by atoms with Gasteiger partial charge in [-0.2, -0.15) is 0 Å². The molecule has 6 nitrogen and oxygen atoms in total. The number of benzene rings is 2. The molecule has 1 heterocycles. The number of rotatable bonds is 6. The van der Waals surface area contributed by atoms with E-state index in [-0.39, 0.29) is 11.9 Å². The third-order valence-corrected chi connectivity index (χ3v) is 4.23. The lowest BCUT2D eigenvalue weighted by Gasteiger charge is -2.09. The summed E-state index contributed by atoms with van der Waals surface area (Å²) in [5, 5.41) is 15.5. The molecule has 0 spiro atoms. The van der Waals surface area contributed by atoms with Crippen molar-refractivity contribution in [2.24, 2.45) is 0 Å². The van der Waals surface area contributed by atoms with Crippen LogP contribution in [-0.2, 0) is 6.42 Å². The van der Waals surface area contributed by atoms with Gasteiger partial charge >= 0.3 is 0 Å². The molecule has 0 aliphatic heterocycles. The Morgan fingerprint density at radius 1 is 1.19 bits per heavy atom. The van der Waals surface area contributed by atoms with Gasteiger partial charge in [-0.25, -0.2) is 4.68 Å². The lowest BCUT2D eigenvalue weighted by molar-refractivity contribution is 0.0954. The smallest absolute Gasteiger partial charge is 0.251 e. The Labute approximate surface area is 157 Å². The highest BCUT2D eigenvalue weighted by atomic mass is 35.5. The Kier molecular flexibility index (Phi) is 5.63. The van der Waals surface area contributed by atoms with Gasteiger partial charge in [0.15, 0.2) is 5.82 Å². The molecule has 0 atom stereocenters. The van der Waals surface area contributed by atoms with Crippen LogP contribution in [0.2, 0.25) is 5.02 Å². The van der Waals surface area contributed by atoms with Gasteiger partial charge in [-0.3, -0.25) is 4.79 Å². The zero-order valence-electron chi connectivity index (χ0n) is 14.7. The lowest BCUT2D eigenvalue weighted by Crippen LogP contribution is -2.25. The standard InChI is InChI=1S/C19H20ClN5O/c1-13(2)25-18(22-23-24-25)15-4-3-5-16(12-15)19(26)21-11-10-14-6-8-17(20)9-7-14/h3-9,12-13H,10-11H2,1-2H3,(H,21,26). The number of amides is 1. The van der Waals surface area contributed by atoms with Gasteiger partial charge in [0.05, 0.1) is 6.04 Å². The summed E-state index contributed by atoms with van der Waals surface area (Å²) in [6.45, 7) is 4.56. The van der Waals surface area contributed by atoms with Crippen molar-refractivity contribution in [3.8, 4) is 11.4 Å². The van der Waals surface area contributed by atoms with E-state index in [2.05, 4.69) is 20.8 Å². The maximum absolute atomic E-state index is 12.4. The number of nitrogens with one attached hydrogen (secondary N) is 1. The summed E-state index contributed by atoms with van der Waals surface area (Å²) in [7, 11) is 0. The van der Waals surface area contributed by atoms with Gasteiger partial charge in [0.2, 0.25) is 0 Å². The molecule has 3 aromatic rings. The molecular weight excluding hydrogens is 350 g/mol. The second-order valence-electron chi connectivity index (χ2n) is 6.25. The van der Waals surface area contributed by atoms with Gasteiger partial charge in [0, 0.05) is 22.7 Å². The Morgan fingerprint density at radius 3 is 2.69 bits per heavy atom. The molecule has 0 aliphatic carbocycles. The number of aromatic nitrogens is 4. The third kappa shape index (κ3) is 4.26. The Hall–Kier alpha value is -2.73. The highest BCUT2D eigenvalue weighted by Crippen LogP contribution is 2.20. The number of nitrogens with zero attached hydrogens (tertiary/aromatic N) is 4. The van der Waals surface area contributed by atoms with Crippen LogP contribution in [0, 0.1) is 0 Å². The van der Waals surface area contributed by atoms with Gasteiger partial charge in [-0.1, -0.05) is 35.9 Å². The van der Waals surface area contributed by atoms with Crippen LogP contribution >= 0.6 is 11.6 Å². The van der Waals surface area contributed by atoms with Crippen molar-refractivity contribution in [3.05, 3.63) is 64.7 Å². The number of halogens is 1. The van der Waals surface area contributed by atoms with Crippen molar-refractivity contribution in [2.45, 2.75) is 26.3 Å². The van der Waals surface area contributed by atoms with E-state index in [0.717, 1.165) is 17.5 Å². The van der Waals surface area contributed by atoms with Gasteiger partial charge in [-0.05, 0) is 60.5 Å². The van der Waals surface area contributed by atoms with Crippen LogP contribution in [0.4, 0.5) is 0 Å². The molecule has 1 N–H and O–H groups in total. The van der Waals surface area contributed by atoms with Crippen LogP contribution in [0.15, 0.2) is 48.5 Å². The fourth-order valence-electron chi connectivity index (χ4n) is 2.60. The van der Waals surface area contributed by atoms with Crippen molar-refractivity contribution in [2.75, 3.05) is 6.54 Å². The molecule has 7 heteroatoms. The van der Waals surface area contributed by atoms with Crippen LogP contribution in [0.3, 0.4) is 0 Å². The molecule has 0 saturated carbocycles. The topological polar surface area (TPSA) is 72.7 Å². The number of hydrogen-bond acceptors (Lipinski definition) is 4. The van der Waals surface area contributed by atoms with Crippen LogP contribution < -0.4 is 5.32 Å². The zero-order valence-corrected chi connectivity index (χ0v) is 15.4. The van der Waals surface area contributed by atoms with Crippen LogP contribution in [0.25, 0.3) is 11.4 Å². The summed E-state index contributed by atoms with van der Waals surface area (Å²) in [6.07, 6.45) is 0.744. The van der Waals surface area contributed by atoms with Crippen molar-refractivity contribution in [1.82, 2.24) is 25.5 Å². The third-order valence-electron chi connectivity index (χ3n) is 3.98. The maximum atomic E-state index is 12.4. The molecule has 0 aliphatic rings. The van der Waals surface area contributed by atoms with Gasteiger partial charge < -0.3 is 5.32 Å². The molecule has 1 aromatic heterocycles. The van der Waals surface area contributed by atoms with Gasteiger partial charge in [0.1, 0.15) is 0 Å². The number of carbonyl (C=O) groups excluding carboxylic acids is 1. The monoisotopic (exact) mass is 369 g/mol. The molecule has 3 rings (SSSR count). The Balaban J connectivity index is 1.66. The summed E-state index contributed by atoms with van der Waals surface area (Å²) in [5.41, 5.74) is 2.52. The molecular formula is C19H20ClN5O. The maximum Gasteiger partial charge on any atom is 0.251 e. The minimum Gasteiger partial charge on any atom is -0.352 e. The van der Waals surface area contributed by atoms with Crippen LogP contribution in [0.5, 0.6) is 0 Å². The average Bonchev–Trinajstić information content (AvgIpc) is 3.13. The van der Waals surface area contributed by atoms with Gasteiger partial charge in [-0.15, -0.1) is 5.10 Å². The predicted octanol–water partition coefficient (Wildman–Crippen LogP) is 3.55. The normalized spacial score (nSPS) is 10.9. The zero-order chi connectivity index (χ0) is 18.5. The van der Waals surface area contributed by atoms with Crippen LogP contribution in [0.1, 0.15) is 35.8 Å². The summed E-state index contributed by atoms with van der Waals surface area (Å²) < 4.78 is 1.73. The molecule has 0 saturated heterocycles. The van der Waals surface area contributed by atoms with E-state index in [0.29, 0.717) is 23.0 Å². The van der Waals surface area contributed by atoms with Crippen molar-refractivity contribution >= 4 is 17.5 Å². The fraction of sp³-hybridized carbons (Fsp3) is 0.263. The van der Waals surface area contributed by atoms with E-state index in [4.69, 9.17) is 11.6 Å². The molecule has 0 fully saturated rings. The highest BCUT2D eigenvalue weighted by Gasteiger charge is 2.13. The lowest BCUT2D eigenvalue weighted by atomic mass is 10.1. The SMILES string of the molecule is CC(C)n1nnnc1-c1cccc(C(=O)NCCc2ccc(Cl)cc2)c1. The summed E-state index contributed by atoms with van der Waals surface area (Å²) in [5.74, 6) is 0.528. The first-order valence-corrected chi connectivity index (χ1v) is 8.83. The first-order chi connectivity index (χ1) is 12.5. The van der Waals surface area contributed by atoms with E-state index < -0.39 is 0 Å². The van der Waals surface area contributed by atoms with E-state index in [1.54, 1.807) is 10.7 Å². The first-order valence-electron chi connectivity index (χ1n) is 8.45. The predicted molar refractivity (Wildman–Crippen MR) is 101 cm³/mol. The molecule has 2 aromatic carbocycles. The molecule has 134 valence electrons. The molecule has 0 unspecified atom stereocenters. The molecule has 0 radical (unpaired) electrons. The average molecular weight is 370 g/mol. The Bertz CT molecular complexity index is 889. The second kappa shape index (κ2) is 8.10. The summed E-state index contributed by atoms with van der Waals surface area (Å²) >= 11 is 5.88. The van der Waals surface area contributed by atoms with E-state index in [1.807, 2.05) is 56.3 Å². The molecule has 0 bridgehead atoms. The fourth-order valence-corrected chi connectivity index (χ4v) is 2.73. The number of hydrogen-bond donors (Lipinski definition) is 1. The van der Waals surface area contributed by atoms with Crippen LogP contribution in [-0.4, -0.2) is 32.7 Å². The van der Waals surface area contributed by atoms with E-state index >= 15 is 0 Å². The number of tetrazole rings is 1. The largest absolute Gasteiger partial charge is 0.352 e. The van der Waals surface area contributed by atoms with Gasteiger partial charge in [0.25, 0.3) is 5.91 Å². The highest BCUT2D eigenvalue weighted by molar-refractivity contribution is 6.30. The van der Waals surface area contributed by atoms with Crippen molar-refractivity contribution < 1.29 is 4.79 Å². The number of carbonyl (C=O) groups is 1. The minimum absolute atomic E-state index is 0.121. The first kappa shape index (κ1) is 18.1.